The van der Waals surface area contributed by atoms with E-state index >= 15 is 0 Å². The SMILES string of the molecule is CCCC(=O)[O-].CCCC(=O)[O-].CCCC(=O)[O-].CCCC(=O)[O-].CCCCCCCCCCCCCCCCCC(C)=O.[Zr+4]. The van der Waals surface area contributed by atoms with Crippen LogP contribution in [0.1, 0.15) is 196 Å². The van der Waals surface area contributed by atoms with Gasteiger partial charge < -0.3 is 44.4 Å². The molecule has 0 aliphatic carbocycles. The van der Waals surface area contributed by atoms with Crippen molar-refractivity contribution in [1.29, 1.82) is 0 Å². The smallest absolute Gasteiger partial charge is 0.550 e. The summed E-state index contributed by atoms with van der Waals surface area (Å²) in [5.41, 5.74) is 0. The third-order valence-corrected chi connectivity index (χ3v) is 5.95. The van der Waals surface area contributed by atoms with Gasteiger partial charge in [0, 0.05) is 30.3 Å². The number of carbonyl (C=O) groups is 5. The van der Waals surface area contributed by atoms with E-state index in [1.54, 1.807) is 34.6 Å². The minimum Gasteiger partial charge on any atom is -0.550 e. The number of ketones is 1. The number of aliphatic carboxylic acids is 4. The van der Waals surface area contributed by atoms with Crippen molar-refractivity contribution < 1.29 is 70.6 Å². The fourth-order valence-electron chi connectivity index (χ4n) is 3.56. The van der Waals surface area contributed by atoms with E-state index < -0.39 is 23.9 Å². The maximum atomic E-state index is 10.8. The predicted molar refractivity (Wildman–Crippen MR) is 170 cm³/mol. The number of carbonyl (C=O) groups excluding carboxylic acids is 5. The molecule has 0 atom stereocenters. The molecule has 10 heteroatoms. The van der Waals surface area contributed by atoms with Gasteiger partial charge in [0.05, 0.1) is 0 Å². The van der Waals surface area contributed by atoms with Crippen LogP contribution < -0.4 is 20.4 Å². The zero-order valence-electron chi connectivity index (χ0n) is 29.6. The first-order chi connectivity index (χ1) is 20.9. The quantitative estimate of drug-likeness (QED) is 0.124. The van der Waals surface area contributed by atoms with Gasteiger partial charge in [0.2, 0.25) is 0 Å². The molecular formula is C35H66O9Zr. The van der Waals surface area contributed by atoms with Crippen molar-refractivity contribution in [3.8, 4) is 0 Å². The van der Waals surface area contributed by atoms with Crippen LogP contribution in [0.25, 0.3) is 0 Å². The standard InChI is InChI=1S/C19H38O.4C4H8O2.Zr/c1-3-4-5-6-7-8-9-10-11-12-13-14-15-16-17-18-19(2)20;4*1-2-3-4(5)6;/h3-18H2,1-2H3;4*2-3H2,1H3,(H,5,6);/q;;;;;+4/p-4. The van der Waals surface area contributed by atoms with Gasteiger partial charge in [-0.05, 0) is 39.0 Å². The Morgan fingerprint density at radius 1 is 0.333 bits per heavy atom. The van der Waals surface area contributed by atoms with Crippen molar-refractivity contribution in [1.82, 2.24) is 0 Å². The fourth-order valence-corrected chi connectivity index (χ4v) is 3.56. The summed E-state index contributed by atoms with van der Waals surface area (Å²) in [4.78, 5) is 48.7. The summed E-state index contributed by atoms with van der Waals surface area (Å²) < 4.78 is 0. The van der Waals surface area contributed by atoms with E-state index in [1.165, 1.54) is 89.9 Å². The molecule has 0 fully saturated rings. The van der Waals surface area contributed by atoms with Gasteiger partial charge >= 0.3 is 26.2 Å². The maximum absolute atomic E-state index is 10.8. The van der Waals surface area contributed by atoms with E-state index in [0.29, 0.717) is 31.5 Å². The number of unbranched alkanes of at least 4 members (excludes halogenated alkanes) is 14. The molecule has 0 saturated carbocycles. The minimum absolute atomic E-state index is 0. The van der Waals surface area contributed by atoms with E-state index in [-0.39, 0.29) is 51.9 Å². The third-order valence-electron chi connectivity index (χ3n) is 5.95. The molecule has 0 unspecified atom stereocenters. The first-order valence-corrected chi connectivity index (χ1v) is 17.1. The zero-order valence-corrected chi connectivity index (χ0v) is 32.1. The Balaban J connectivity index is -0.000000124. The molecule has 0 N–H and O–H groups in total. The maximum Gasteiger partial charge on any atom is 4.00 e. The number of carboxylic acid groups (broad SMARTS) is 4. The molecule has 0 saturated heterocycles. The molecule has 0 bridgehead atoms. The molecule has 0 radical (unpaired) electrons. The summed E-state index contributed by atoms with van der Waals surface area (Å²) in [5, 5.41) is 38.0. The number of hydrogen-bond acceptors (Lipinski definition) is 9. The monoisotopic (exact) mass is 720 g/mol. The molecular weight excluding hydrogens is 656 g/mol. The Morgan fingerprint density at radius 3 is 0.667 bits per heavy atom. The number of Topliss-reactive ketones (excluding diaryl/α,β-unsaturated/α-hetero) is 1. The Labute approximate surface area is 294 Å². The Morgan fingerprint density at radius 2 is 0.533 bits per heavy atom. The van der Waals surface area contributed by atoms with E-state index in [0.717, 1.165) is 12.8 Å². The summed E-state index contributed by atoms with van der Waals surface area (Å²) in [6.45, 7) is 11.2. The predicted octanol–water partition coefficient (Wildman–Crippen LogP) is 4.98. The Hall–Kier alpha value is -1.57. The number of rotatable bonds is 24. The average Bonchev–Trinajstić information content (AvgIpc) is 2.92. The van der Waals surface area contributed by atoms with Gasteiger partial charge in [-0.2, -0.15) is 0 Å². The second kappa shape index (κ2) is 52.0. The Bertz CT molecular complexity index is 577. The molecule has 0 aliphatic rings. The van der Waals surface area contributed by atoms with Crippen molar-refractivity contribution in [2.24, 2.45) is 0 Å². The van der Waals surface area contributed by atoms with Gasteiger partial charge in [0.1, 0.15) is 5.78 Å². The molecule has 0 aliphatic heterocycles. The van der Waals surface area contributed by atoms with Crippen LogP contribution in [0.3, 0.4) is 0 Å². The van der Waals surface area contributed by atoms with E-state index in [4.69, 9.17) is 0 Å². The molecule has 45 heavy (non-hydrogen) atoms. The molecule has 264 valence electrons. The summed E-state index contributed by atoms with van der Waals surface area (Å²) in [6.07, 6.45) is 25.0. The molecule has 0 rings (SSSR count). The number of hydrogen-bond donors (Lipinski definition) is 0. The van der Waals surface area contributed by atoms with Crippen molar-refractivity contribution in [3.63, 3.8) is 0 Å². The summed E-state index contributed by atoms with van der Waals surface area (Å²) in [5.74, 6) is -3.50. The van der Waals surface area contributed by atoms with Crippen molar-refractivity contribution in [2.75, 3.05) is 0 Å². The molecule has 9 nitrogen and oxygen atoms in total. The van der Waals surface area contributed by atoms with Crippen LogP contribution in [-0.4, -0.2) is 29.7 Å². The second-order valence-corrected chi connectivity index (χ2v) is 10.9. The van der Waals surface area contributed by atoms with Crippen molar-refractivity contribution in [3.05, 3.63) is 0 Å². The van der Waals surface area contributed by atoms with Gasteiger partial charge in [-0.15, -0.1) is 0 Å². The van der Waals surface area contributed by atoms with Gasteiger partial charge in [0.25, 0.3) is 0 Å². The molecule has 0 aromatic heterocycles. The van der Waals surface area contributed by atoms with Crippen LogP contribution in [0.2, 0.25) is 0 Å². The van der Waals surface area contributed by atoms with Crippen LogP contribution in [0.4, 0.5) is 0 Å². The Kier molecular flexibility index (Phi) is 64.5. The largest absolute Gasteiger partial charge is 4.00 e. The third kappa shape index (κ3) is 92.2. The minimum atomic E-state index is -0.961. The summed E-state index contributed by atoms with van der Waals surface area (Å²) in [6, 6.07) is 0. The summed E-state index contributed by atoms with van der Waals surface area (Å²) >= 11 is 0. The first kappa shape index (κ1) is 55.8. The molecule has 0 spiro atoms. The van der Waals surface area contributed by atoms with Crippen LogP contribution in [0.5, 0.6) is 0 Å². The number of carboxylic acids is 4. The van der Waals surface area contributed by atoms with Gasteiger partial charge in [-0.25, -0.2) is 0 Å². The van der Waals surface area contributed by atoms with E-state index in [9.17, 15) is 44.4 Å². The van der Waals surface area contributed by atoms with Crippen LogP contribution in [0.15, 0.2) is 0 Å². The molecule has 0 heterocycles. The van der Waals surface area contributed by atoms with E-state index in [2.05, 4.69) is 6.92 Å². The van der Waals surface area contributed by atoms with Crippen molar-refractivity contribution in [2.45, 2.75) is 196 Å². The second-order valence-electron chi connectivity index (χ2n) is 10.9. The molecule has 0 aromatic rings. The first-order valence-electron chi connectivity index (χ1n) is 17.1. The zero-order chi connectivity index (χ0) is 34.9. The van der Waals surface area contributed by atoms with Gasteiger partial charge in [-0.1, -0.05) is 150 Å². The van der Waals surface area contributed by atoms with E-state index in [1.807, 2.05) is 0 Å². The van der Waals surface area contributed by atoms with Crippen LogP contribution in [-0.2, 0) is 50.2 Å². The normalized spacial score (nSPS) is 9.20. The fraction of sp³-hybridized carbons (Fsp3) is 0.857. The topological polar surface area (TPSA) is 178 Å². The van der Waals surface area contributed by atoms with Gasteiger partial charge in [-0.3, -0.25) is 0 Å². The van der Waals surface area contributed by atoms with Crippen LogP contribution in [0, 0.1) is 0 Å². The molecule has 0 aromatic carbocycles. The van der Waals surface area contributed by atoms with Gasteiger partial charge in [0.15, 0.2) is 0 Å². The van der Waals surface area contributed by atoms with Crippen LogP contribution >= 0.6 is 0 Å². The van der Waals surface area contributed by atoms with Crippen molar-refractivity contribution >= 4 is 29.7 Å². The summed E-state index contributed by atoms with van der Waals surface area (Å²) in [7, 11) is 0. The molecule has 0 amide bonds. The average molecular weight is 722 g/mol.